The molecule has 0 atom stereocenters. The standard InChI is InChI=1S/C9H10F2O3/c1-12-6-4-3-5-7(13-2)8(6)14-9(10)11/h3-5,9H,1-2H3. The zero-order valence-corrected chi connectivity index (χ0v) is 7.79. The molecule has 0 fully saturated rings. The van der Waals surface area contributed by atoms with Gasteiger partial charge in [-0.1, -0.05) is 6.07 Å². The molecule has 0 aliphatic heterocycles. The van der Waals surface area contributed by atoms with Crippen molar-refractivity contribution in [1.29, 1.82) is 0 Å². The second-order valence-corrected chi connectivity index (χ2v) is 2.37. The normalized spacial score (nSPS) is 10.1. The number of halogens is 2. The van der Waals surface area contributed by atoms with E-state index in [2.05, 4.69) is 4.74 Å². The molecule has 0 N–H and O–H groups in total. The van der Waals surface area contributed by atoms with Crippen LogP contribution in [0.2, 0.25) is 0 Å². The minimum Gasteiger partial charge on any atom is -0.493 e. The molecule has 0 spiro atoms. The summed E-state index contributed by atoms with van der Waals surface area (Å²) in [5.74, 6) is 0.335. The van der Waals surface area contributed by atoms with Crippen LogP contribution in [0.1, 0.15) is 0 Å². The van der Waals surface area contributed by atoms with Crippen molar-refractivity contribution in [2.75, 3.05) is 14.2 Å². The highest BCUT2D eigenvalue weighted by Gasteiger charge is 2.15. The Balaban J connectivity index is 3.05. The number of hydrogen-bond acceptors (Lipinski definition) is 3. The predicted octanol–water partition coefficient (Wildman–Crippen LogP) is 2.31. The molecule has 0 radical (unpaired) electrons. The summed E-state index contributed by atoms with van der Waals surface area (Å²) in [5, 5.41) is 0. The molecule has 0 unspecified atom stereocenters. The van der Waals surface area contributed by atoms with Crippen LogP contribution in [0, 0.1) is 0 Å². The second-order valence-electron chi connectivity index (χ2n) is 2.37. The first-order chi connectivity index (χ1) is 6.69. The van der Waals surface area contributed by atoms with Crippen LogP contribution >= 0.6 is 0 Å². The molecule has 78 valence electrons. The van der Waals surface area contributed by atoms with Gasteiger partial charge in [0.1, 0.15) is 0 Å². The molecule has 0 aliphatic carbocycles. The SMILES string of the molecule is COc1cccc(OC)c1OC(F)F. The minimum absolute atomic E-state index is 0.0903. The smallest absolute Gasteiger partial charge is 0.387 e. The third-order valence-corrected chi connectivity index (χ3v) is 1.59. The lowest BCUT2D eigenvalue weighted by atomic mass is 10.3. The van der Waals surface area contributed by atoms with E-state index < -0.39 is 6.61 Å². The molecular formula is C9H10F2O3. The van der Waals surface area contributed by atoms with E-state index in [1.165, 1.54) is 26.4 Å². The molecule has 0 aromatic heterocycles. The number of alkyl halides is 2. The first-order valence-electron chi connectivity index (χ1n) is 3.85. The molecule has 3 nitrogen and oxygen atoms in total. The maximum atomic E-state index is 12.0. The van der Waals surface area contributed by atoms with Gasteiger partial charge in [-0.2, -0.15) is 8.78 Å². The van der Waals surface area contributed by atoms with Gasteiger partial charge in [-0.3, -0.25) is 0 Å². The van der Waals surface area contributed by atoms with Crippen molar-refractivity contribution >= 4 is 0 Å². The Hall–Kier alpha value is -1.52. The van der Waals surface area contributed by atoms with Crippen molar-refractivity contribution in [2.24, 2.45) is 0 Å². The van der Waals surface area contributed by atoms with Crippen molar-refractivity contribution in [1.82, 2.24) is 0 Å². The molecule has 0 saturated carbocycles. The van der Waals surface area contributed by atoms with E-state index in [0.717, 1.165) is 0 Å². The van der Waals surface area contributed by atoms with Gasteiger partial charge in [0.15, 0.2) is 11.5 Å². The predicted molar refractivity (Wildman–Crippen MR) is 46.2 cm³/mol. The molecule has 1 aromatic carbocycles. The Morgan fingerprint density at radius 2 is 1.57 bits per heavy atom. The van der Waals surface area contributed by atoms with E-state index >= 15 is 0 Å². The topological polar surface area (TPSA) is 27.7 Å². The van der Waals surface area contributed by atoms with Crippen LogP contribution in [0.15, 0.2) is 18.2 Å². The van der Waals surface area contributed by atoms with Gasteiger partial charge < -0.3 is 14.2 Å². The van der Waals surface area contributed by atoms with Gasteiger partial charge in [-0.05, 0) is 12.1 Å². The fourth-order valence-corrected chi connectivity index (χ4v) is 1.02. The molecule has 0 bridgehead atoms. The summed E-state index contributed by atoms with van der Waals surface area (Å²) < 4.78 is 38.0. The van der Waals surface area contributed by atoms with E-state index in [1.807, 2.05) is 0 Å². The highest BCUT2D eigenvalue weighted by Crippen LogP contribution is 2.37. The first-order valence-corrected chi connectivity index (χ1v) is 3.85. The van der Waals surface area contributed by atoms with Gasteiger partial charge in [0, 0.05) is 0 Å². The fourth-order valence-electron chi connectivity index (χ4n) is 1.02. The average molecular weight is 204 g/mol. The van der Waals surface area contributed by atoms with Crippen LogP contribution in [-0.4, -0.2) is 20.8 Å². The summed E-state index contributed by atoms with van der Waals surface area (Å²) in [6.07, 6.45) is 0. The lowest BCUT2D eigenvalue weighted by Gasteiger charge is -2.12. The van der Waals surface area contributed by atoms with Gasteiger partial charge in [0.2, 0.25) is 5.75 Å². The molecule has 1 aromatic rings. The molecule has 0 heterocycles. The summed E-state index contributed by atoms with van der Waals surface area (Å²) in [4.78, 5) is 0. The van der Waals surface area contributed by atoms with Crippen LogP contribution < -0.4 is 14.2 Å². The third kappa shape index (κ3) is 2.25. The van der Waals surface area contributed by atoms with Crippen molar-refractivity contribution < 1.29 is 23.0 Å². The van der Waals surface area contributed by atoms with Crippen LogP contribution in [0.3, 0.4) is 0 Å². The van der Waals surface area contributed by atoms with Crippen LogP contribution in [0.25, 0.3) is 0 Å². The Morgan fingerprint density at radius 3 is 1.93 bits per heavy atom. The van der Waals surface area contributed by atoms with E-state index in [4.69, 9.17) is 9.47 Å². The lowest BCUT2D eigenvalue weighted by Crippen LogP contribution is -2.05. The highest BCUT2D eigenvalue weighted by atomic mass is 19.3. The number of para-hydroxylation sites is 1. The van der Waals surface area contributed by atoms with Gasteiger partial charge in [0.25, 0.3) is 0 Å². The van der Waals surface area contributed by atoms with E-state index in [0.29, 0.717) is 0 Å². The Morgan fingerprint density at radius 1 is 1.07 bits per heavy atom. The quantitative estimate of drug-likeness (QED) is 0.753. The Bertz CT molecular complexity index is 280. The fraction of sp³-hybridized carbons (Fsp3) is 0.333. The van der Waals surface area contributed by atoms with Gasteiger partial charge in [-0.15, -0.1) is 0 Å². The molecule has 5 heteroatoms. The number of ether oxygens (including phenoxy) is 3. The van der Waals surface area contributed by atoms with Crippen molar-refractivity contribution in [2.45, 2.75) is 6.61 Å². The van der Waals surface area contributed by atoms with E-state index in [9.17, 15) is 8.78 Å². The molecule has 0 amide bonds. The molecule has 14 heavy (non-hydrogen) atoms. The van der Waals surface area contributed by atoms with Crippen LogP contribution in [0.5, 0.6) is 17.2 Å². The highest BCUT2D eigenvalue weighted by molar-refractivity contribution is 5.51. The number of benzene rings is 1. The summed E-state index contributed by atoms with van der Waals surface area (Å²) in [5.41, 5.74) is 0. The van der Waals surface area contributed by atoms with E-state index in [-0.39, 0.29) is 17.2 Å². The zero-order valence-electron chi connectivity index (χ0n) is 7.79. The second kappa shape index (κ2) is 4.64. The third-order valence-electron chi connectivity index (χ3n) is 1.59. The van der Waals surface area contributed by atoms with Crippen molar-refractivity contribution in [3.05, 3.63) is 18.2 Å². The van der Waals surface area contributed by atoms with Crippen LogP contribution in [0.4, 0.5) is 8.78 Å². The minimum atomic E-state index is -2.90. The summed E-state index contributed by atoms with van der Waals surface area (Å²) >= 11 is 0. The van der Waals surface area contributed by atoms with Crippen molar-refractivity contribution in [3.63, 3.8) is 0 Å². The maximum absolute atomic E-state index is 12.0. The molecule has 0 aliphatic rings. The van der Waals surface area contributed by atoms with Crippen LogP contribution in [-0.2, 0) is 0 Å². The number of hydrogen-bond donors (Lipinski definition) is 0. The molecule has 0 saturated heterocycles. The average Bonchev–Trinajstić information content (AvgIpc) is 2.17. The maximum Gasteiger partial charge on any atom is 0.387 e. The Kier molecular flexibility index (Phi) is 3.50. The molecular weight excluding hydrogens is 194 g/mol. The summed E-state index contributed by atoms with van der Waals surface area (Å²) in [6, 6.07) is 4.65. The lowest BCUT2D eigenvalue weighted by molar-refractivity contribution is -0.0526. The number of methoxy groups -OCH3 is 2. The van der Waals surface area contributed by atoms with Crippen molar-refractivity contribution in [3.8, 4) is 17.2 Å². The first kappa shape index (κ1) is 10.6. The number of rotatable bonds is 4. The van der Waals surface area contributed by atoms with E-state index in [1.54, 1.807) is 6.07 Å². The van der Waals surface area contributed by atoms with Gasteiger partial charge >= 0.3 is 6.61 Å². The monoisotopic (exact) mass is 204 g/mol. The molecule has 1 rings (SSSR count). The largest absolute Gasteiger partial charge is 0.493 e. The van der Waals surface area contributed by atoms with Gasteiger partial charge in [0.05, 0.1) is 14.2 Å². The van der Waals surface area contributed by atoms with Gasteiger partial charge in [-0.25, -0.2) is 0 Å². The summed E-state index contributed by atoms with van der Waals surface area (Å²) in [7, 11) is 2.74. The summed E-state index contributed by atoms with van der Waals surface area (Å²) in [6.45, 7) is -2.90. The zero-order chi connectivity index (χ0) is 10.6. The Labute approximate surface area is 80.2 Å².